The lowest BCUT2D eigenvalue weighted by molar-refractivity contribution is -0.305. The molecule has 418 valence electrons. The Balaban J connectivity index is 2.78. The Bertz CT molecular complexity index is 1550. The Morgan fingerprint density at radius 1 is 0.562 bits per heavy atom. The van der Waals surface area contributed by atoms with Crippen LogP contribution in [0.2, 0.25) is 0 Å². The third kappa shape index (κ3) is 37.9. The van der Waals surface area contributed by atoms with Crippen molar-refractivity contribution in [3.8, 4) is 0 Å². The number of carbonyl (C=O) groups is 2. The molecule has 11 nitrogen and oxygen atoms in total. The smallest absolute Gasteiger partial charge is 0.306 e. The predicted molar refractivity (Wildman–Crippen MR) is 301 cm³/mol. The predicted octanol–water partition coefficient (Wildman–Crippen LogP) is 13.2. The first-order valence-corrected chi connectivity index (χ1v) is 29.0. The molecule has 1 heterocycles. The largest absolute Gasteiger partial charge is 0.454 e. The molecule has 0 aromatic carbocycles. The summed E-state index contributed by atoms with van der Waals surface area (Å²) in [7, 11) is 0. The molecular formula is C62H105NO10. The first kappa shape index (κ1) is 67.6. The number of amides is 1. The van der Waals surface area contributed by atoms with Gasteiger partial charge in [0.25, 0.3) is 0 Å². The van der Waals surface area contributed by atoms with Crippen LogP contribution in [0.3, 0.4) is 0 Å². The van der Waals surface area contributed by atoms with Crippen LogP contribution in [0, 0.1) is 0 Å². The van der Waals surface area contributed by atoms with Crippen LogP contribution >= 0.6 is 0 Å². The fourth-order valence-corrected chi connectivity index (χ4v) is 8.40. The second kappa shape index (κ2) is 49.5. The molecule has 0 saturated carbocycles. The topological polar surface area (TPSA) is 175 Å². The number of carbonyl (C=O) groups excluding carboxylic acids is 2. The van der Waals surface area contributed by atoms with E-state index in [0.717, 1.165) is 103 Å². The molecule has 11 heteroatoms. The fraction of sp³-hybridized carbons (Fsp3) is 0.710. The van der Waals surface area contributed by atoms with Gasteiger partial charge in [0.05, 0.1) is 25.4 Å². The van der Waals surface area contributed by atoms with Crippen molar-refractivity contribution >= 4 is 11.9 Å². The van der Waals surface area contributed by atoms with E-state index >= 15 is 0 Å². The van der Waals surface area contributed by atoms with E-state index in [2.05, 4.69) is 92.9 Å². The van der Waals surface area contributed by atoms with Gasteiger partial charge in [0, 0.05) is 6.42 Å². The molecule has 8 unspecified atom stereocenters. The molecule has 8 atom stereocenters. The zero-order chi connectivity index (χ0) is 53.3. The standard InChI is InChI=1S/C62H105NO10/c1-4-7-10-13-16-19-22-25-26-27-28-29-32-34-37-40-43-46-49-55(66)61(70)63-53(54(65)48-45-42-39-36-33-30-23-20-17-14-11-8-5-2)52-71-62-60(59(69)58(68)56(51-64)72-62)73-57(67)50-47-44-41-38-35-31-24-21-18-15-12-9-6-3/h9,12,15-16,18-19,21,24-26,28-29,34,37,45,48,53-56,58-60,62,64-66,68-69H,4-8,10-11,13-14,17,20,22-23,27,30-33,35-36,38-44,46-47,49-52H2,1-3H3,(H,63,70)/b12-9+,18-15+,19-16-,24-21-,26-25-,29-28-,37-34-,48-45+. The molecular weight excluding hydrogens is 919 g/mol. The molecule has 1 fully saturated rings. The van der Waals surface area contributed by atoms with E-state index < -0.39 is 67.4 Å². The Morgan fingerprint density at radius 3 is 1.62 bits per heavy atom. The van der Waals surface area contributed by atoms with Crippen molar-refractivity contribution in [2.45, 2.75) is 269 Å². The van der Waals surface area contributed by atoms with Gasteiger partial charge < -0.3 is 45.1 Å². The van der Waals surface area contributed by atoms with Gasteiger partial charge in [-0.15, -0.1) is 0 Å². The highest BCUT2D eigenvalue weighted by Crippen LogP contribution is 2.26. The first-order chi connectivity index (χ1) is 35.7. The summed E-state index contributed by atoms with van der Waals surface area (Å²) < 4.78 is 17.5. The van der Waals surface area contributed by atoms with Crippen molar-refractivity contribution in [2.75, 3.05) is 13.2 Å². The van der Waals surface area contributed by atoms with Gasteiger partial charge in [0.2, 0.25) is 5.91 Å². The Labute approximate surface area is 444 Å². The van der Waals surface area contributed by atoms with Crippen LogP contribution in [0.1, 0.15) is 220 Å². The summed E-state index contributed by atoms with van der Waals surface area (Å²) in [6.45, 7) is 5.57. The quantitative estimate of drug-likeness (QED) is 0.0149. The first-order valence-electron chi connectivity index (χ1n) is 29.0. The van der Waals surface area contributed by atoms with Crippen molar-refractivity contribution in [1.29, 1.82) is 0 Å². The average Bonchev–Trinajstić information content (AvgIpc) is 3.39. The van der Waals surface area contributed by atoms with Gasteiger partial charge >= 0.3 is 5.97 Å². The molecule has 0 radical (unpaired) electrons. The van der Waals surface area contributed by atoms with Gasteiger partial charge in [0.15, 0.2) is 12.4 Å². The number of hydrogen-bond acceptors (Lipinski definition) is 10. The Kier molecular flexibility index (Phi) is 45.8. The van der Waals surface area contributed by atoms with Crippen molar-refractivity contribution in [3.63, 3.8) is 0 Å². The van der Waals surface area contributed by atoms with Crippen LogP contribution < -0.4 is 5.32 Å². The van der Waals surface area contributed by atoms with Crippen molar-refractivity contribution in [2.24, 2.45) is 0 Å². The van der Waals surface area contributed by atoms with Crippen LogP contribution in [0.15, 0.2) is 97.2 Å². The fourth-order valence-electron chi connectivity index (χ4n) is 8.40. The van der Waals surface area contributed by atoms with E-state index in [4.69, 9.17) is 14.2 Å². The van der Waals surface area contributed by atoms with Gasteiger partial charge in [-0.3, -0.25) is 9.59 Å². The van der Waals surface area contributed by atoms with Crippen LogP contribution in [-0.4, -0.2) is 99.6 Å². The van der Waals surface area contributed by atoms with Crippen LogP contribution in [-0.2, 0) is 23.8 Å². The number of hydrogen-bond donors (Lipinski definition) is 6. The zero-order valence-electron chi connectivity index (χ0n) is 46.0. The highest BCUT2D eigenvalue weighted by Gasteiger charge is 2.47. The lowest BCUT2D eigenvalue weighted by atomic mass is 9.99. The summed E-state index contributed by atoms with van der Waals surface area (Å²) in [5.41, 5.74) is 0. The van der Waals surface area contributed by atoms with Crippen molar-refractivity contribution in [3.05, 3.63) is 97.2 Å². The SMILES string of the molecule is CC/C=C/C=C/C=C\CCCCCCCC(=O)OC1C(OCC(NC(=O)C(O)CCCC/C=C\C/C=C\C/C=C\C/C=C\CCCCC)C(O)/C=C/CCCCCCCCCCCCC)OC(CO)C(O)C1O. The molecule has 0 aliphatic carbocycles. The summed E-state index contributed by atoms with van der Waals surface area (Å²) in [6.07, 6.45) is 54.5. The minimum absolute atomic E-state index is 0.0915. The van der Waals surface area contributed by atoms with Gasteiger partial charge in [-0.05, 0) is 89.9 Å². The number of rotatable bonds is 47. The number of allylic oxidation sites excluding steroid dienone is 15. The van der Waals surface area contributed by atoms with Crippen molar-refractivity contribution in [1.82, 2.24) is 5.32 Å². The van der Waals surface area contributed by atoms with E-state index in [1.165, 1.54) is 70.6 Å². The maximum Gasteiger partial charge on any atom is 0.306 e. The molecule has 0 bridgehead atoms. The maximum absolute atomic E-state index is 13.4. The van der Waals surface area contributed by atoms with E-state index in [1.807, 2.05) is 24.3 Å². The highest BCUT2D eigenvalue weighted by molar-refractivity contribution is 5.80. The normalized spacial score (nSPS) is 20.1. The number of nitrogens with one attached hydrogen (secondary N) is 1. The minimum atomic E-state index is -1.63. The molecule has 0 aromatic heterocycles. The maximum atomic E-state index is 13.4. The molecule has 1 saturated heterocycles. The summed E-state index contributed by atoms with van der Waals surface area (Å²) in [4.78, 5) is 26.4. The van der Waals surface area contributed by atoms with Crippen LogP contribution in [0.4, 0.5) is 0 Å². The van der Waals surface area contributed by atoms with E-state index in [9.17, 15) is 35.1 Å². The molecule has 73 heavy (non-hydrogen) atoms. The molecule has 0 aromatic rings. The van der Waals surface area contributed by atoms with Gasteiger partial charge in [-0.25, -0.2) is 0 Å². The van der Waals surface area contributed by atoms with E-state index in [1.54, 1.807) is 6.08 Å². The molecule has 1 rings (SSSR count). The summed E-state index contributed by atoms with van der Waals surface area (Å²) in [5.74, 6) is -1.26. The van der Waals surface area contributed by atoms with E-state index in [-0.39, 0.29) is 19.4 Å². The summed E-state index contributed by atoms with van der Waals surface area (Å²) >= 11 is 0. The van der Waals surface area contributed by atoms with Gasteiger partial charge in [-0.1, -0.05) is 221 Å². The van der Waals surface area contributed by atoms with E-state index in [0.29, 0.717) is 12.8 Å². The zero-order valence-corrected chi connectivity index (χ0v) is 46.0. The van der Waals surface area contributed by atoms with Crippen LogP contribution in [0.5, 0.6) is 0 Å². The third-order valence-electron chi connectivity index (χ3n) is 13.0. The molecule has 1 aliphatic heterocycles. The second-order valence-corrected chi connectivity index (χ2v) is 19.7. The third-order valence-corrected chi connectivity index (χ3v) is 13.0. The van der Waals surface area contributed by atoms with Gasteiger partial charge in [0.1, 0.15) is 24.4 Å². The molecule has 6 N–H and O–H groups in total. The summed E-state index contributed by atoms with van der Waals surface area (Å²) in [6, 6.07) is -1.05. The Hall–Kier alpha value is -3.42. The monoisotopic (exact) mass is 1020 g/mol. The van der Waals surface area contributed by atoms with Gasteiger partial charge in [-0.2, -0.15) is 0 Å². The lowest BCUT2D eigenvalue weighted by Crippen LogP contribution is -2.61. The second-order valence-electron chi connectivity index (χ2n) is 19.7. The highest BCUT2D eigenvalue weighted by atomic mass is 16.7. The Morgan fingerprint density at radius 2 is 1.04 bits per heavy atom. The lowest BCUT2D eigenvalue weighted by Gasteiger charge is -2.41. The number of aliphatic hydroxyl groups excluding tert-OH is 5. The molecule has 0 spiro atoms. The molecule has 1 aliphatic rings. The number of aliphatic hydroxyl groups is 5. The average molecular weight is 1020 g/mol. The summed E-state index contributed by atoms with van der Waals surface area (Å²) in [5, 5.41) is 56.8. The van der Waals surface area contributed by atoms with Crippen molar-refractivity contribution < 1.29 is 49.3 Å². The van der Waals surface area contributed by atoms with Crippen LogP contribution in [0.25, 0.3) is 0 Å². The minimum Gasteiger partial charge on any atom is -0.454 e. The number of ether oxygens (including phenoxy) is 3. The molecule has 1 amide bonds. The number of unbranched alkanes of at least 4 members (excludes halogenated alkanes) is 21. The number of esters is 1.